The molecule has 0 aliphatic carbocycles. The molecule has 184 valence electrons. The Morgan fingerprint density at radius 2 is 1.89 bits per heavy atom. The zero-order chi connectivity index (χ0) is 24.5. The maximum absolute atomic E-state index is 13.5. The summed E-state index contributed by atoms with van der Waals surface area (Å²) in [6.07, 6.45) is 0.0840. The molecule has 3 fully saturated rings. The molecule has 1 N–H and O–H groups in total. The Bertz CT molecular complexity index is 1110. The van der Waals surface area contributed by atoms with E-state index < -0.39 is 36.7 Å². The van der Waals surface area contributed by atoms with Gasteiger partial charge in [0.05, 0.1) is 7.11 Å². The Hall–Kier alpha value is -3.63. The lowest BCUT2D eigenvalue weighted by Crippen LogP contribution is -2.67. The van der Waals surface area contributed by atoms with Crippen LogP contribution in [0.5, 0.6) is 5.75 Å². The van der Waals surface area contributed by atoms with Gasteiger partial charge in [-0.25, -0.2) is 4.79 Å². The molecule has 3 unspecified atom stereocenters. The normalized spacial score (nSPS) is 24.3. The van der Waals surface area contributed by atoms with Crippen LogP contribution in [0.3, 0.4) is 0 Å². The largest absolute Gasteiger partial charge is 0.497 e. The number of benzene rings is 2. The topological polar surface area (TPSA) is 94.7 Å². The maximum atomic E-state index is 13.5. The first-order valence-electron chi connectivity index (χ1n) is 11.7. The van der Waals surface area contributed by atoms with Crippen LogP contribution in [0.1, 0.15) is 12.0 Å². The molecule has 3 aliphatic heterocycles. The van der Waals surface area contributed by atoms with Gasteiger partial charge in [0, 0.05) is 31.9 Å². The highest BCUT2D eigenvalue weighted by molar-refractivity contribution is 6.02. The number of rotatable bonds is 6. The van der Waals surface area contributed by atoms with Crippen LogP contribution in [-0.2, 0) is 20.9 Å². The third kappa shape index (κ3) is 4.30. The lowest BCUT2D eigenvalue weighted by Gasteiger charge is -2.43. The Kier molecular flexibility index (Phi) is 6.31. The van der Waals surface area contributed by atoms with E-state index in [0.717, 1.165) is 34.9 Å². The van der Waals surface area contributed by atoms with Crippen molar-refractivity contribution in [2.45, 2.75) is 31.5 Å². The predicted molar refractivity (Wildman–Crippen MR) is 127 cm³/mol. The van der Waals surface area contributed by atoms with Crippen molar-refractivity contribution in [3.8, 4) is 5.75 Å². The van der Waals surface area contributed by atoms with Gasteiger partial charge in [-0.15, -0.1) is 0 Å². The molecule has 3 atom stereocenters. The second-order valence-electron chi connectivity index (χ2n) is 8.88. The molecule has 5 rings (SSSR count). The van der Waals surface area contributed by atoms with E-state index in [4.69, 9.17) is 9.47 Å². The summed E-state index contributed by atoms with van der Waals surface area (Å²) in [4.78, 5) is 45.9. The summed E-state index contributed by atoms with van der Waals surface area (Å²) in [6, 6.07) is 15.9. The summed E-state index contributed by atoms with van der Waals surface area (Å²) in [6.45, 7) is 1.15. The third-order valence-electron chi connectivity index (χ3n) is 6.78. The van der Waals surface area contributed by atoms with Crippen LogP contribution in [0.25, 0.3) is 0 Å². The summed E-state index contributed by atoms with van der Waals surface area (Å²) in [5.41, 5.74) is 1.80. The van der Waals surface area contributed by atoms with Gasteiger partial charge in [0.25, 0.3) is 5.91 Å². The quantitative estimate of drug-likeness (QED) is 0.622. The average molecular weight is 480 g/mol. The smallest absolute Gasteiger partial charge is 0.328 e. The number of esters is 1. The minimum absolute atomic E-state index is 0.0863. The first kappa shape index (κ1) is 23.1. The molecule has 0 spiro atoms. The predicted octanol–water partition coefficient (Wildman–Crippen LogP) is 1.43. The van der Waals surface area contributed by atoms with Crippen molar-refractivity contribution < 1.29 is 23.9 Å². The van der Waals surface area contributed by atoms with E-state index in [9.17, 15) is 14.4 Å². The summed E-state index contributed by atoms with van der Waals surface area (Å²) in [7, 11) is 3.28. The van der Waals surface area contributed by atoms with Gasteiger partial charge in [-0.3, -0.25) is 24.7 Å². The van der Waals surface area contributed by atoms with Crippen LogP contribution in [-0.4, -0.2) is 84.9 Å². The van der Waals surface area contributed by atoms with Crippen LogP contribution < -0.4 is 15.0 Å². The molecule has 3 heterocycles. The number of carbonyl (C=O) groups is 3. The second kappa shape index (κ2) is 9.55. The van der Waals surface area contributed by atoms with Crippen LogP contribution in [0, 0.1) is 0 Å². The number of nitrogens with zero attached hydrogens (tertiary/aromatic N) is 4. The van der Waals surface area contributed by atoms with E-state index >= 15 is 0 Å². The lowest BCUT2D eigenvalue weighted by atomic mass is 10.1. The summed E-state index contributed by atoms with van der Waals surface area (Å²) in [5, 5.41) is 3.46. The van der Waals surface area contributed by atoms with Gasteiger partial charge in [-0.05, 0) is 24.1 Å². The number of carbonyl (C=O) groups excluding carboxylic acids is 3. The molecule has 0 radical (unpaired) electrons. The number of likely N-dealkylation sites (N-methyl/N-ethyl adjacent to an activating group) is 1. The Labute approximate surface area is 204 Å². The molecule has 2 aromatic rings. The summed E-state index contributed by atoms with van der Waals surface area (Å²) in [5.74, 6) is -0.266. The van der Waals surface area contributed by atoms with E-state index in [1.165, 1.54) is 4.90 Å². The van der Waals surface area contributed by atoms with Gasteiger partial charge in [0.15, 0.2) is 0 Å². The fraction of sp³-hybridized carbons (Fsp3) is 0.400. The SMILES string of the molecule is COc1cccc(N2CCCN3C4C(=O)N(CC(=O)OCc5ccccc5)C(=O)N(C)C4NC23)c1. The number of anilines is 1. The van der Waals surface area contributed by atoms with E-state index in [2.05, 4.69) is 15.1 Å². The molecule has 35 heavy (non-hydrogen) atoms. The van der Waals surface area contributed by atoms with Gasteiger partial charge < -0.3 is 19.3 Å². The van der Waals surface area contributed by atoms with Crippen LogP contribution in [0.15, 0.2) is 54.6 Å². The number of fused-ring (bicyclic) bond motifs is 3. The highest BCUT2D eigenvalue weighted by atomic mass is 16.5. The molecule has 3 aliphatic rings. The van der Waals surface area contributed by atoms with Crippen molar-refractivity contribution in [2.24, 2.45) is 0 Å². The van der Waals surface area contributed by atoms with Gasteiger partial charge in [-0.1, -0.05) is 36.4 Å². The Balaban J connectivity index is 1.32. The molecule has 10 nitrogen and oxygen atoms in total. The van der Waals surface area contributed by atoms with E-state index in [1.807, 2.05) is 54.6 Å². The van der Waals surface area contributed by atoms with Crippen molar-refractivity contribution in [3.63, 3.8) is 0 Å². The number of methoxy groups -OCH3 is 1. The number of hydrogen-bond donors (Lipinski definition) is 1. The van der Waals surface area contributed by atoms with Crippen LogP contribution >= 0.6 is 0 Å². The fourth-order valence-corrected chi connectivity index (χ4v) is 5.03. The molecule has 0 saturated carbocycles. The summed E-state index contributed by atoms with van der Waals surface area (Å²) >= 11 is 0. The van der Waals surface area contributed by atoms with Crippen molar-refractivity contribution in [1.82, 2.24) is 20.0 Å². The molecule has 2 aromatic carbocycles. The minimum Gasteiger partial charge on any atom is -0.497 e. The number of amides is 3. The highest BCUT2D eigenvalue weighted by Gasteiger charge is 2.56. The first-order chi connectivity index (χ1) is 17.0. The minimum atomic E-state index is -0.624. The molecule has 0 bridgehead atoms. The van der Waals surface area contributed by atoms with E-state index in [1.54, 1.807) is 14.2 Å². The number of nitrogens with one attached hydrogen (secondary N) is 1. The van der Waals surface area contributed by atoms with Crippen molar-refractivity contribution in [1.29, 1.82) is 0 Å². The summed E-state index contributed by atoms with van der Waals surface area (Å²) < 4.78 is 10.7. The molecule has 0 aromatic heterocycles. The fourth-order valence-electron chi connectivity index (χ4n) is 5.03. The van der Waals surface area contributed by atoms with E-state index in [-0.39, 0.29) is 12.9 Å². The number of ether oxygens (including phenoxy) is 2. The second-order valence-corrected chi connectivity index (χ2v) is 8.88. The Morgan fingerprint density at radius 1 is 1.09 bits per heavy atom. The van der Waals surface area contributed by atoms with Crippen molar-refractivity contribution >= 4 is 23.6 Å². The van der Waals surface area contributed by atoms with Crippen LogP contribution in [0.2, 0.25) is 0 Å². The van der Waals surface area contributed by atoms with Crippen molar-refractivity contribution in [3.05, 3.63) is 60.2 Å². The molecular weight excluding hydrogens is 450 g/mol. The molecule has 10 heteroatoms. The van der Waals surface area contributed by atoms with Crippen LogP contribution in [0.4, 0.5) is 10.5 Å². The molecule has 3 saturated heterocycles. The number of imide groups is 1. The third-order valence-corrected chi connectivity index (χ3v) is 6.78. The average Bonchev–Trinajstić information content (AvgIpc) is 3.29. The van der Waals surface area contributed by atoms with Gasteiger partial charge in [-0.2, -0.15) is 0 Å². The first-order valence-corrected chi connectivity index (χ1v) is 11.7. The lowest BCUT2D eigenvalue weighted by molar-refractivity contribution is -0.152. The standard InChI is InChI=1S/C25H29N5O5/c1-27-22-21(23(32)30(25(27)33)15-20(31)35-16-17-8-4-3-5-9-17)29-13-7-12-28(24(29)26-22)18-10-6-11-19(14-18)34-2/h3-6,8-11,14,21-22,24,26H,7,12-13,15-16H2,1-2H3. The highest BCUT2D eigenvalue weighted by Crippen LogP contribution is 2.34. The van der Waals surface area contributed by atoms with Crippen molar-refractivity contribution in [2.75, 3.05) is 38.7 Å². The monoisotopic (exact) mass is 479 g/mol. The van der Waals surface area contributed by atoms with Gasteiger partial charge in [0.1, 0.15) is 37.4 Å². The Morgan fingerprint density at radius 3 is 2.66 bits per heavy atom. The maximum Gasteiger partial charge on any atom is 0.328 e. The van der Waals surface area contributed by atoms with E-state index in [0.29, 0.717) is 6.54 Å². The van der Waals surface area contributed by atoms with Gasteiger partial charge >= 0.3 is 12.0 Å². The van der Waals surface area contributed by atoms with Gasteiger partial charge in [0.2, 0.25) is 0 Å². The molecular formula is C25H29N5O5. The molecule has 3 amide bonds. The zero-order valence-corrected chi connectivity index (χ0v) is 19.8. The number of hydrogen-bond acceptors (Lipinski definition) is 8. The zero-order valence-electron chi connectivity index (χ0n) is 19.8. The number of urea groups is 1.